The van der Waals surface area contributed by atoms with Crippen molar-refractivity contribution in [3.05, 3.63) is 47.1 Å². The first-order chi connectivity index (χ1) is 11.0. The van der Waals surface area contributed by atoms with E-state index in [1.54, 1.807) is 4.68 Å². The Morgan fingerprint density at radius 3 is 2.70 bits per heavy atom. The molecule has 5 nitrogen and oxygen atoms in total. The predicted octanol–water partition coefficient (Wildman–Crippen LogP) is 2.83. The van der Waals surface area contributed by atoms with Crippen molar-refractivity contribution < 1.29 is 4.79 Å². The van der Waals surface area contributed by atoms with E-state index in [0.717, 1.165) is 41.6 Å². The molecule has 0 atom stereocenters. The normalized spacial score (nSPS) is 19.8. The molecular weight excluding hydrogens is 288 g/mol. The summed E-state index contributed by atoms with van der Waals surface area (Å²) in [6.45, 7) is 3.72. The fourth-order valence-corrected chi connectivity index (χ4v) is 2.77. The van der Waals surface area contributed by atoms with E-state index in [1.165, 1.54) is 0 Å². The van der Waals surface area contributed by atoms with Crippen molar-refractivity contribution in [1.29, 1.82) is 5.41 Å². The third-order valence-electron chi connectivity index (χ3n) is 4.20. The van der Waals surface area contributed by atoms with Crippen LogP contribution in [-0.4, -0.2) is 21.8 Å². The Balaban J connectivity index is 2.00. The molecule has 1 aromatic heterocycles. The number of carbonyl (C=O) groups excluding carboxylic acids is 1. The van der Waals surface area contributed by atoms with E-state index in [2.05, 4.69) is 10.4 Å². The number of Topliss-reactive ketones (excluding diaryl/α,β-unsaturated/α-hetero) is 1. The van der Waals surface area contributed by atoms with E-state index in [9.17, 15) is 4.79 Å². The average Bonchev–Trinajstić information content (AvgIpc) is 3.29. The van der Waals surface area contributed by atoms with E-state index >= 15 is 0 Å². The summed E-state index contributed by atoms with van der Waals surface area (Å²) in [6, 6.07) is 0. The van der Waals surface area contributed by atoms with Crippen molar-refractivity contribution in [2.75, 3.05) is 0 Å². The van der Waals surface area contributed by atoms with Gasteiger partial charge in [-0.2, -0.15) is 5.10 Å². The summed E-state index contributed by atoms with van der Waals surface area (Å²) in [7, 11) is 1.90. The molecule has 23 heavy (non-hydrogen) atoms. The van der Waals surface area contributed by atoms with Crippen LogP contribution in [0, 0.1) is 17.2 Å². The molecule has 1 aromatic rings. The zero-order valence-electron chi connectivity index (χ0n) is 13.8. The minimum atomic E-state index is -0.123. The van der Waals surface area contributed by atoms with Gasteiger partial charge in [-0.25, -0.2) is 0 Å². The largest absolute Gasteiger partial charge is 0.358 e. The summed E-state index contributed by atoms with van der Waals surface area (Å²) in [5.41, 5.74) is 4.52. The maximum atomic E-state index is 12.3. The van der Waals surface area contributed by atoms with Gasteiger partial charge in [-0.05, 0) is 24.8 Å². The van der Waals surface area contributed by atoms with E-state index in [-0.39, 0.29) is 11.7 Å². The molecule has 1 fully saturated rings. The van der Waals surface area contributed by atoms with Crippen molar-refractivity contribution in [3.63, 3.8) is 0 Å². The summed E-state index contributed by atoms with van der Waals surface area (Å²) in [6.07, 6.45) is 11.3. The second-order valence-corrected chi connectivity index (χ2v) is 6.45. The van der Waals surface area contributed by atoms with Gasteiger partial charge in [0.2, 0.25) is 0 Å². The van der Waals surface area contributed by atoms with E-state index in [0.29, 0.717) is 11.5 Å². The van der Waals surface area contributed by atoms with Crippen LogP contribution >= 0.6 is 0 Å². The van der Waals surface area contributed by atoms with Gasteiger partial charge in [-0.3, -0.25) is 9.48 Å². The fraction of sp³-hybridized carbons (Fsp3) is 0.389. The van der Waals surface area contributed by atoms with Crippen LogP contribution in [0.25, 0.3) is 5.57 Å². The Kier molecular flexibility index (Phi) is 4.03. The van der Waals surface area contributed by atoms with Gasteiger partial charge in [-0.1, -0.05) is 19.9 Å². The minimum absolute atomic E-state index is 0.00729. The second-order valence-electron chi connectivity index (χ2n) is 6.45. The topological polar surface area (TPSA) is 70.8 Å². The lowest BCUT2D eigenvalue weighted by atomic mass is 9.95. The maximum Gasteiger partial charge on any atom is 0.169 e. The van der Waals surface area contributed by atoms with Gasteiger partial charge in [0.05, 0.1) is 17.5 Å². The smallest absolute Gasteiger partial charge is 0.169 e. The Bertz CT molecular complexity index is 745. The molecule has 0 bridgehead atoms. The van der Waals surface area contributed by atoms with E-state index < -0.39 is 0 Å². The second kappa shape index (κ2) is 5.99. The lowest BCUT2D eigenvalue weighted by molar-refractivity contribution is -0.117. The standard InChI is InChI=1S/C18H22N4O/c1-11(2)18(23)15(8-19)16-7-6-14(13-9-20-22(3)10-13)17(21-16)12-4-5-12/h6-12,19,21H,4-5H2,1-3H3/b16-15+,19-8?. The van der Waals surface area contributed by atoms with Crippen LogP contribution in [0.5, 0.6) is 0 Å². The van der Waals surface area contributed by atoms with Crippen molar-refractivity contribution in [2.45, 2.75) is 26.7 Å². The molecule has 0 aromatic carbocycles. The third kappa shape index (κ3) is 3.04. The molecule has 0 amide bonds. The highest BCUT2D eigenvalue weighted by Crippen LogP contribution is 2.41. The summed E-state index contributed by atoms with van der Waals surface area (Å²) < 4.78 is 1.79. The van der Waals surface area contributed by atoms with Gasteiger partial charge in [0, 0.05) is 42.2 Å². The average molecular weight is 310 g/mol. The molecule has 5 heteroatoms. The summed E-state index contributed by atoms with van der Waals surface area (Å²) in [5.74, 6) is 0.376. The summed E-state index contributed by atoms with van der Waals surface area (Å²) in [4.78, 5) is 12.3. The SMILES string of the molecule is CC(C)C(=O)/C(C=N)=C1\C=CC(c2cnn(C)c2)=C(C2CC2)N1. The van der Waals surface area contributed by atoms with Crippen LogP contribution in [0.1, 0.15) is 32.3 Å². The first kappa shape index (κ1) is 15.5. The van der Waals surface area contributed by atoms with Gasteiger partial charge in [0.25, 0.3) is 0 Å². The lowest BCUT2D eigenvalue weighted by Gasteiger charge is -2.21. The number of rotatable bonds is 5. The number of aromatic nitrogens is 2. The first-order valence-corrected chi connectivity index (χ1v) is 7.98. The minimum Gasteiger partial charge on any atom is -0.358 e. The van der Waals surface area contributed by atoms with Crippen LogP contribution in [0.2, 0.25) is 0 Å². The highest BCUT2D eigenvalue weighted by molar-refractivity contribution is 6.14. The number of hydrogen-bond donors (Lipinski definition) is 2. The van der Waals surface area contributed by atoms with Gasteiger partial charge < -0.3 is 10.7 Å². The Hall–Kier alpha value is -2.43. The molecule has 2 heterocycles. The Morgan fingerprint density at radius 2 is 2.17 bits per heavy atom. The number of nitrogens with one attached hydrogen (secondary N) is 2. The van der Waals surface area contributed by atoms with Gasteiger partial charge in [0.15, 0.2) is 5.78 Å². The molecule has 1 aliphatic heterocycles. The van der Waals surface area contributed by atoms with E-state index in [1.807, 2.05) is 45.4 Å². The molecule has 2 aliphatic rings. The molecule has 0 saturated heterocycles. The quantitative estimate of drug-likeness (QED) is 0.649. The predicted molar refractivity (Wildman–Crippen MR) is 90.8 cm³/mol. The van der Waals surface area contributed by atoms with Crippen molar-refractivity contribution in [3.8, 4) is 0 Å². The molecule has 0 spiro atoms. The monoisotopic (exact) mass is 310 g/mol. The van der Waals surface area contributed by atoms with Gasteiger partial charge in [-0.15, -0.1) is 0 Å². The van der Waals surface area contributed by atoms with Crippen LogP contribution in [0.15, 0.2) is 41.5 Å². The van der Waals surface area contributed by atoms with Crippen LogP contribution < -0.4 is 5.32 Å². The van der Waals surface area contributed by atoms with Crippen molar-refractivity contribution >= 4 is 17.6 Å². The molecular formula is C18H22N4O. The molecule has 0 unspecified atom stereocenters. The number of aryl methyl sites for hydroxylation is 1. The van der Waals surface area contributed by atoms with E-state index in [4.69, 9.17) is 5.41 Å². The Labute approximate surface area is 136 Å². The van der Waals surface area contributed by atoms with Crippen LogP contribution in [0.3, 0.4) is 0 Å². The van der Waals surface area contributed by atoms with Crippen LogP contribution in [-0.2, 0) is 11.8 Å². The zero-order valence-corrected chi connectivity index (χ0v) is 13.8. The molecule has 3 rings (SSSR count). The highest BCUT2D eigenvalue weighted by atomic mass is 16.1. The molecule has 120 valence electrons. The highest BCUT2D eigenvalue weighted by Gasteiger charge is 2.31. The van der Waals surface area contributed by atoms with Gasteiger partial charge in [0.1, 0.15) is 0 Å². The zero-order chi connectivity index (χ0) is 16.6. The molecule has 0 radical (unpaired) electrons. The fourth-order valence-electron chi connectivity index (χ4n) is 2.77. The molecule has 1 aliphatic carbocycles. The number of hydrogen-bond acceptors (Lipinski definition) is 4. The maximum absolute atomic E-state index is 12.3. The number of dihydropyridines is 1. The van der Waals surface area contributed by atoms with Crippen molar-refractivity contribution in [1.82, 2.24) is 15.1 Å². The van der Waals surface area contributed by atoms with Crippen LogP contribution in [0.4, 0.5) is 0 Å². The number of nitrogens with zero attached hydrogens (tertiary/aromatic N) is 2. The summed E-state index contributed by atoms with van der Waals surface area (Å²) >= 11 is 0. The first-order valence-electron chi connectivity index (χ1n) is 7.98. The number of allylic oxidation sites excluding steroid dienone is 5. The Morgan fingerprint density at radius 1 is 1.43 bits per heavy atom. The summed E-state index contributed by atoms with van der Waals surface area (Å²) in [5, 5.41) is 15.3. The molecule has 2 N–H and O–H groups in total. The third-order valence-corrected chi connectivity index (χ3v) is 4.20. The number of ketones is 1. The molecule has 1 saturated carbocycles. The lowest BCUT2D eigenvalue weighted by Crippen LogP contribution is -2.24. The number of carbonyl (C=O) groups is 1. The van der Waals surface area contributed by atoms with Gasteiger partial charge >= 0.3 is 0 Å². The van der Waals surface area contributed by atoms with Crippen molar-refractivity contribution in [2.24, 2.45) is 18.9 Å².